The predicted molar refractivity (Wildman–Crippen MR) is 143 cm³/mol. The van der Waals surface area contributed by atoms with Crippen molar-refractivity contribution in [1.29, 1.82) is 0 Å². The van der Waals surface area contributed by atoms with E-state index in [0.717, 1.165) is 30.8 Å². The van der Waals surface area contributed by atoms with Gasteiger partial charge in [-0.3, -0.25) is 24.3 Å². The minimum Gasteiger partial charge on any atom is -0.383 e. The number of rotatable bonds is 5. The van der Waals surface area contributed by atoms with Crippen molar-refractivity contribution < 1.29 is 22.8 Å². The molecule has 1 saturated heterocycles. The maximum Gasteiger partial charge on any atom is 0.504 e. The van der Waals surface area contributed by atoms with Crippen molar-refractivity contribution in [2.24, 2.45) is 7.05 Å². The molecule has 4 aromatic heterocycles. The van der Waals surface area contributed by atoms with Crippen LogP contribution in [0.1, 0.15) is 35.3 Å². The summed E-state index contributed by atoms with van der Waals surface area (Å²) in [5.74, 6) is -0.253. The van der Waals surface area contributed by atoms with Gasteiger partial charge >= 0.3 is 6.30 Å². The number of aromatic nitrogens is 6. The fraction of sp³-hybridized carbons (Fsp3) is 0.259. The summed E-state index contributed by atoms with van der Waals surface area (Å²) in [6, 6.07) is 8.27. The summed E-state index contributed by atoms with van der Waals surface area (Å²) in [7, 11) is 1.78. The number of aryl methyl sites for hydroxylation is 1. The van der Waals surface area contributed by atoms with E-state index in [-0.39, 0.29) is 22.7 Å². The van der Waals surface area contributed by atoms with Gasteiger partial charge in [0.25, 0.3) is 5.91 Å². The number of hydrogen-bond donors (Lipinski definition) is 1. The smallest absolute Gasteiger partial charge is 0.383 e. The van der Waals surface area contributed by atoms with E-state index in [1.54, 1.807) is 48.3 Å². The maximum absolute atomic E-state index is 14.0. The first kappa shape index (κ1) is 26.2. The molecule has 5 aromatic rings. The molecule has 1 fully saturated rings. The fourth-order valence-electron chi connectivity index (χ4n) is 5.01. The Kier molecular flexibility index (Phi) is 6.31. The number of nitrogen functional groups attached to an aromatic ring is 1. The van der Waals surface area contributed by atoms with Crippen molar-refractivity contribution in [1.82, 2.24) is 39.5 Å². The first-order valence-electron chi connectivity index (χ1n) is 12.8. The molecule has 11 nitrogen and oxygen atoms in total. The predicted octanol–water partition coefficient (Wildman–Crippen LogP) is 4.01. The van der Waals surface area contributed by atoms with Crippen LogP contribution in [0.15, 0.2) is 55.1 Å². The van der Waals surface area contributed by atoms with Gasteiger partial charge in [0.1, 0.15) is 5.82 Å². The molecule has 1 aliphatic heterocycles. The molecule has 1 aliphatic rings. The first-order valence-corrected chi connectivity index (χ1v) is 12.8. The molecule has 2 amide bonds. The topological polar surface area (TPSA) is 128 Å². The van der Waals surface area contributed by atoms with E-state index in [4.69, 9.17) is 5.73 Å². The van der Waals surface area contributed by atoms with Gasteiger partial charge in [0.2, 0.25) is 5.91 Å². The molecule has 0 atom stereocenters. The monoisotopic (exact) mass is 563 g/mol. The molecule has 210 valence electrons. The quantitative estimate of drug-likeness (QED) is 0.342. The minimum atomic E-state index is -4.62. The lowest BCUT2D eigenvalue weighted by molar-refractivity contribution is -0.212. The van der Waals surface area contributed by atoms with Gasteiger partial charge in [0, 0.05) is 54.5 Å². The lowest BCUT2D eigenvalue weighted by atomic mass is 10.1. The van der Waals surface area contributed by atoms with E-state index >= 15 is 0 Å². The number of benzene rings is 1. The van der Waals surface area contributed by atoms with Crippen LogP contribution in [0.4, 0.5) is 19.0 Å². The zero-order chi connectivity index (χ0) is 28.9. The number of hydrogen-bond acceptors (Lipinski definition) is 7. The highest BCUT2D eigenvalue weighted by Crippen LogP contribution is 2.30. The summed E-state index contributed by atoms with van der Waals surface area (Å²) in [6.45, 7) is 0.350. The van der Waals surface area contributed by atoms with Gasteiger partial charge < -0.3 is 5.73 Å². The van der Waals surface area contributed by atoms with E-state index in [9.17, 15) is 22.8 Å². The van der Waals surface area contributed by atoms with Gasteiger partial charge in [-0.15, -0.1) is 13.2 Å². The van der Waals surface area contributed by atoms with Crippen molar-refractivity contribution >= 4 is 39.4 Å². The zero-order valence-electron chi connectivity index (χ0n) is 21.8. The van der Waals surface area contributed by atoms with E-state index in [0.29, 0.717) is 51.9 Å². The van der Waals surface area contributed by atoms with Gasteiger partial charge in [0.15, 0.2) is 0 Å². The Hall–Kier alpha value is -5.01. The summed E-state index contributed by atoms with van der Waals surface area (Å²) >= 11 is 0. The Labute approximate surface area is 230 Å². The second kappa shape index (κ2) is 9.87. The Bertz CT molecular complexity index is 1790. The number of amides is 2. The summed E-state index contributed by atoms with van der Waals surface area (Å²) in [5, 5.41) is 11.8. The lowest BCUT2D eigenvalue weighted by Crippen LogP contribution is -2.51. The molecule has 5 heterocycles. The number of anilines is 1. The van der Waals surface area contributed by atoms with E-state index in [1.807, 2.05) is 0 Å². The third kappa shape index (κ3) is 4.81. The van der Waals surface area contributed by atoms with E-state index in [1.165, 1.54) is 16.2 Å². The normalized spacial score (nSPS) is 14.2. The SMILES string of the molecule is Cn1ncc2c(N)nc3ccc(C(=O)N(Cc4ccc(-c5cnn(C(F)(F)F)c5)cn4)N4CCCCC4=O)cc3c21. The van der Waals surface area contributed by atoms with Crippen LogP contribution >= 0.6 is 0 Å². The van der Waals surface area contributed by atoms with Crippen molar-refractivity contribution in [2.45, 2.75) is 32.1 Å². The number of nitrogens with two attached hydrogens (primary N) is 1. The van der Waals surface area contributed by atoms with Crippen LogP contribution in [0.3, 0.4) is 0 Å². The molecule has 2 N–H and O–H groups in total. The molecule has 0 saturated carbocycles. The molecular weight excluding hydrogens is 539 g/mol. The van der Waals surface area contributed by atoms with Crippen LogP contribution in [0, 0.1) is 0 Å². The Balaban J connectivity index is 1.34. The van der Waals surface area contributed by atoms with Crippen molar-refractivity contribution in [3.05, 3.63) is 66.4 Å². The average molecular weight is 564 g/mol. The molecule has 0 aliphatic carbocycles. The average Bonchev–Trinajstić information content (AvgIpc) is 3.61. The van der Waals surface area contributed by atoms with Crippen molar-refractivity contribution in [2.75, 3.05) is 12.3 Å². The lowest BCUT2D eigenvalue weighted by Gasteiger charge is -2.37. The number of halogens is 3. The Morgan fingerprint density at radius 1 is 1.05 bits per heavy atom. The number of carbonyl (C=O) groups excluding carboxylic acids is 2. The molecule has 0 bridgehead atoms. The third-order valence-corrected chi connectivity index (χ3v) is 7.09. The number of hydrazine groups is 1. The van der Waals surface area contributed by atoms with Gasteiger partial charge in [0.05, 0.1) is 41.1 Å². The molecule has 0 radical (unpaired) electrons. The molecule has 14 heteroatoms. The van der Waals surface area contributed by atoms with Crippen LogP contribution in [0.5, 0.6) is 0 Å². The Morgan fingerprint density at radius 3 is 2.59 bits per heavy atom. The summed E-state index contributed by atoms with van der Waals surface area (Å²) in [5.41, 5.74) is 8.89. The van der Waals surface area contributed by atoms with Gasteiger partial charge in [-0.25, -0.2) is 9.99 Å². The summed E-state index contributed by atoms with van der Waals surface area (Å²) in [4.78, 5) is 35.7. The second-order valence-electron chi connectivity index (χ2n) is 9.78. The van der Waals surface area contributed by atoms with Crippen molar-refractivity contribution in [3.63, 3.8) is 0 Å². The summed E-state index contributed by atoms with van der Waals surface area (Å²) < 4.78 is 40.4. The van der Waals surface area contributed by atoms with Crippen LogP contribution < -0.4 is 5.73 Å². The number of piperidine rings is 1. The van der Waals surface area contributed by atoms with Crippen molar-refractivity contribution in [3.8, 4) is 11.1 Å². The van der Waals surface area contributed by atoms with E-state index < -0.39 is 12.2 Å². The summed E-state index contributed by atoms with van der Waals surface area (Å²) in [6.07, 6.45) is 2.18. The third-order valence-electron chi connectivity index (χ3n) is 7.09. The van der Waals surface area contributed by atoms with Crippen LogP contribution in [0.25, 0.3) is 32.9 Å². The largest absolute Gasteiger partial charge is 0.504 e. The number of carbonyl (C=O) groups is 2. The Morgan fingerprint density at radius 2 is 1.88 bits per heavy atom. The van der Waals surface area contributed by atoms with E-state index in [2.05, 4.69) is 20.2 Å². The van der Waals surface area contributed by atoms with Crippen LogP contribution in [0.2, 0.25) is 0 Å². The van der Waals surface area contributed by atoms with Crippen LogP contribution in [-0.2, 0) is 24.7 Å². The molecule has 0 spiro atoms. The zero-order valence-corrected chi connectivity index (χ0v) is 21.8. The number of fused-ring (bicyclic) bond motifs is 3. The van der Waals surface area contributed by atoms with Crippen LogP contribution in [-0.4, -0.2) is 57.9 Å². The molecule has 0 unspecified atom stereocenters. The molecule has 41 heavy (non-hydrogen) atoms. The minimum absolute atomic E-state index is 0.0220. The standard InChI is InChI=1S/C27H24F3N9O2/c1-36-24-20-10-16(6-8-22(20)35-25(31)21(24)13-33-36)26(41)38(37-9-3-2-4-23(37)40)15-19-7-5-17(11-32-19)18-12-34-39(14-18)27(28,29)30/h5-8,10-14H,2-4,9,15H2,1H3,(H2,31,35). The fourth-order valence-corrected chi connectivity index (χ4v) is 5.01. The highest BCUT2D eigenvalue weighted by atomic mass is 19.4. The second-order valence-corrected chi connectivity index (χ2v) is 9.78. The molecule has 1 aromatic carbocycles. The highest BCUT2D eigenvalue weighted by molar-refractivity contribution is 6.10. The first-order chi connectivity index (χ1) is 19.6. The van der Waals surface area contributed by atoms with Gasteiger partial charge in [-0.2, -0.15) is 14.9 Å². The van der Waals surface area contributed by atoms with Gasteiger partial charge in [-0.1, -0.05) is 6.07 Å². The number of nitrogens with zero attached hydrogens (tertiary/aromatic N) is 8. The van der Waals surface area contributed by atoms with Gasteiger partial charge in [-0.05, 0) is 37.1 Å². The number of alkyl halides is 3. The number of pyridine rings is 2. The maximum atomic E-state index is 14.0. The molecule has 6 rings (SSSR count). The highest BCUT2D eigenvalue weighted by Gasteiger charge is 2.32. The molecular formula is C27H24F3N9O2.